The number of hydrogen-bond donors (Lipinski definition) is 1. The molecule has 0 bridgehead atoms. The highest BCUT2D eigenvalue weighted by atomic mass is 32.1. The zero-order valence-corrected chi connectivity index (χ0v) is 16.1. The molecule has 0 radical (unpaired) electrons. The molecule has 3 aromatic rings. The standard InChI is InChI=1S/C21H17N3O3S/c1-12-3-7-14(8-4-12)17-16(18(25)15-9-5-13(2)6-10-15)19(26)20(27)24(17)21-23-22-11-28-21/h3-11,17,25H,1-2H3/b18-16+/t17-/m1/s1. The Morgan fingerprint density at radius 2 is 1.61 bits per heavy atom. The molecule has 1 fully saturated rings. The van der Waals surface area contributed by atoms with Crippen LogP contribution in [0.2, 0.25) is 0 Å². The van der Waals surface area contributed by atoms with Gasteiger partial charge in [0.25, 0.3) is 5.78 Å². The van der Waals surface area contributed by atoms with Crippen molar-refractivity contribution in [3.05, 3.63) is 81.9 Å². The van der Waals surface area contributed by atoms with Crippen molar-refractivity contribution in [2.75, 3.05) is 4.90 Å². The van der Waals surface area contributed by atoms with Crippen LogP contribution in [0.5, 0.6) is 0 Å². The van der Waals surface area contributed by atoms with E-state index >= 15 is 0 Å². The van der Waals surface area contributed by atoms with Gasteiger partial charge >= 0.3 is 5.91 Å². The molecule has 1 aliphatic rings. The molecule has 1 N–H and O–H groups in total. The lowest BCUT2D eigenvalue weighted by atomic mass is 9.94. The van der Waals surface area contributed by atoms with E-state index in [1.165, 1.54) is 21.7 Å². The van der Waals surface area contributed by atoms with Gasteiger partial charge in [0.2, 0.25) is 5.13 Å². The summed E-state index contributed by atoms with van der Waals surface area (Å²) in [5, 5.41) is 19.0. The van der Waals surface area contributed by atoms with Gasteiger partial charge in [0.05, 0.1) is 11.6 Å². The van der Waals surface area contributed by atoms with E-state index in [2.05, 4.69) is 10.2 Å². The highest BCUT2D eigenvalue weighted by Crippen LogP contribution is 2.42. The monoisotopic (exact) mass is 391 g/mol. The van der Waals surface area contributed by atoms with E-state index in [0.29, 0.717) is 16.3 Å². The molecule has 0 unspecified atom stereocenters. The molecule has 140 valence electrons. The average Bonchev–Trinajstić information content (AvgIpc) is 3.30. The lowest BCUT2D eigenvalue weighted by Gasteiger charge is -2.22. The molecule has 0 aliphatic carbocycles. The Hall–Kier alpha value is -3.32. The molecule has 7 heteroatoms. The number of rotatable bonds is 3. The van der Waals surface area contributed by atoms with Crippen LogP contribution in [0.25, 0.3) is 5.76 Å². The summed E-state index contributed by atoms with van der Waals surface area (Å²) in [5.74, 6) is -1.66. The molecule has 2 aromatic carbocycles. The van der Waals surface area contributed by atoms with Crippen LogP contribution in [-0.4, -0.2) is 27.0 Å². The van der Waals surface area contributed by atoms with Crippen LogP contribution in [0.1, 0.15) is 28.3 Å². The molecule has 4 rings (SSSR count). The van der Waals surface area contributed by atoms with Crippen molar-refractivity contribution >= 4 is 33.9 Å². The number of benzene rings is 2. The smallest absolute Gasteiger partial charge is 0.301 e. The Morgan fingerprint density at radius 1 is 1.00 bits per heavy atom. The average molecular weight is 391 g/mol. The predicted molar refractivity (Wildman–Crippen MR) is 107 cm³/mol. The van der Waals surface area contributed by atoms with Crippen LogP contribution < -0.4 is 4.90 Å². The number of Topliss-reactive ketones (excluding diaryl/α,β-unsaturated/α-hetero) is 1. The molecule has 1 aromatic heterocycles. The van der Waals surface area contributed by atoms with Crippen LogP contribution in [0, 0.1) is 13.8 Å². The largest absolute Gasteiger partial charge is 0.507 e. The van der Waals surface area contributed by atoms with Crippen molar-refractivity contribution in [3.8, 4) is 0 Å². The van der Waals surface area contributed by atoms with Crippen LogP contribution in [-0.2, 0) is 9.59 Å². The van der Waals surface area contributed by atoms with Crippen molar-refractivity contribution in [2.24, 2.45) is 0 Å². The van der Waals surface area contributed by atoms with E-state index in [4.69, 9.17) is 0 Å². The maximum Gasteiger partial charge on any atom is 0.301 e. The van der Waals surface area contributed by atoms with Gasteiger partial charge in [0.15, 0.2) is 0 Å². The second-order valence-electron chi connectivity index (χ2n) is 6.67. The number of aliphatic hydroxyl groups excluding tert-OH is 1. The third-order valence-electron chi connectivity index (χ3n) is 4.72. The third-order valence-corrected chi connectivity index (χ3v) is 5.41. The first kappa shape index (κ1) is 18.1. The van der Waals surface area contributed by atoms with E-state index in [-0.39, 0.29) is 11.3 Å². The predicted octanol–water partition coefficient (Wildman–Crippen LogP) is 3.78. The summed E-state index contributed by atoms with van der Waals surface area (Å²) < 4.78 is 0. The van der Waals surface area contributed by atoms with Gasteiger partial charge in [-0.3, -0.25) is 14.5 Å². The zero-order chi connectivity index (χ0) is 19.8. The number of amides is 1. The number of hydrogen-bond acceptors (Lipinski definition) is 6. The quantitative estimate of drug-likeness (QED) is 0.417. The Morgan fingerprint density at radius 3 is 2.18 bits per heavy atom. The second-order valence-corrected chi connectivity index (χ2v) is 7.48. The van der Waals surface area contributed by atoms with Crippen LogP contribution in [0.3, 0.4) is 0 Å². The summed E-state index contributed by atoms with van der Waals surface area (Å²) in [6, 6.07) is 13.9. The van der Waals surface area contributed by atoms with Crippen LogP contribution in [0.15, 0.2) is 59.6 Å². The summed E-state index contributed by atoms with van der Waals surface area (Å²) in [6.45, 7) is 3.89. The highest BCUT2D eigenvalue weighted by molar-refractivity contribution is 7.13. The van der Waals surface area contributed by atoms with Gasteiger partial charge < -0.3 is 5.11 Å². The first-order valence-corrected chi connectivity index (χ1v) is 9.56. The summed E-state index contributed by atoms with van der Waals surface area (Å²) in [4.78, 5) is 27.0. The Balaban J connectivity index is 1.93. The molecular weight excluding hydrogens is 374 g/mol. The Bertz CT molecular complexity index is 1070. The van der Waals surface area contributed by atoms with E-state index < -0.39 is 17.7 Å². The second kappa shape index (κ2) is 7.01. The topological polar surface area (TPSA) is 83.4 Å². The van der Waals surface area contributed by atoms with Crippen molar-refractivity contribution in [2.45, 2.75) is 19.9 Å². The van der Waals surface area contributed by atoms with Crippen molar-refractivity contribution < 1.29 is 14.7 Å². The molecule has 1 saturated heterocycles. The number of aryl methyl sites for hydroxylation is 2. The normalized spacial score (nSPS) is 18.6. The number of aliphatic hydroxyl groups is 1. The number of ketones is 1. The molecule has 1 atom stereocenters. The van der Waals surface area contributed by atoms with Gasteiger partial charge in [0.1, 0.15) is 11.3 Å². The van der Waals surface area contributed by atoms with Gasteiger partial charge in [-0.15, -0.1) is 10.2 Å². The van der Waals surface area contributed by atoms with Gasteiger partial charge in [-0.25, -0.2) is 0 Å². The van der Waals surface area contributed by atoms with Crippen LogP contribution in [0.4, 0.5) is 5.13 Å². The minimum Gasteiger partial charge on any atom is -0.507 e. The molecule has 1 amide bonds. The van der Waals surface area contributed by atoms with E-state index in [1.807, 2.05) is 50.2 Å². The minimum atomic E-state index is -0.769. The van der Waals surface area contributed by atoms with Crippen molar-refractivity contribution in [1.82, 2.24) is 10.2 Å². The molecule has 28 heavy (non-hydrogen) atoms. The van der Waals surface area contributed by atoms with Crippen molar-refractivity contribution in [1.29, 1.82) is 0 Å². The SMILES string of the molecule is Cc1ccc(/C(O)=C2\C(=O)C(=O)N(c3nncs3)[C@@H]2c2ccc(C)cc2)cc1. The van der Waals surface area contributed by atoms with Gasteiger partial charge in [-0.1, -0.05) is 71.0 Å². The van der Waals surface area contributed by atoms with Crippen molar-refractivity contribution in [3.63, 3.8) is 0 Å². The number of anilines is 1. The first-order chi connectivity index (χ1) is 13.5. The zero-order valence-electron chi connectivity index (χ0n) is 15.3. The molecule has 6 nitrogen and oxygen atoms in total. The Kier molecular flexibility index (Phi) is 4.52. The molecule has 1 aliphatic heterocycles. The number of aromatic nitrogens is 2. The van der Waals surface area contributed by atoms with E-state index in [0.717, 1.165) is 11.1 Å². The summed E-state index contributed by atoms with van der Waals surface area (Å²) in [6.07, 6.45) is 0. The maximum absolute atomic E-state index is 12.9. The Labute approximate surface area is 165 Å². The lowest BCUT2D eigenvalue weighted by molar-refractivity contribution is -0.132. The van der Waals surface area contributed by atoms with Gasteiger partial charge in [-0.2, -0.15) is 0 Å². The summed E-state index contributed by atoms with van der Waals surface area (Å²) in [7, 11) is 0. The fourth-order valence-electron chi connectivity index (χ4n) is 3.23. The fourth-order valence-corrected chi connectivity index (χ4v) is 3.82. The maximum atomic E-state index is 12.9. The fraction of sp³-hybridized carbons (Fsp3) is 0.143. The summed E-state index contributed by atoms with van der Waals surface area (Å²) in [5.41, 5.74) is 4.83. The molecule has 0 spiro atoms. The number of carbonyl (C=O) groups is 2. The summed E-state index contributed by atoms with van der Waals surface area (Å²) >= 11 is 1.17. The lowest BCUT2D eigenvalue weighted by Crippen LogP contribution is -2.29. The molecule has 0 saturated carbocycles. The minimum absolute atomic E-state index is 0.0490. The van der Waals surface area contributed by atoms with Gasteiger partial charge in [0, 0.05) is 5.56 Å². The highest BCUT2D eigenvalue weighted by Gasteiger charge is 2.48. The van der Waals surface area contributed by atoms with E-state index in [1.54, 1.807) is 12.1 Å². The van der Waals surface area contributed by atoms with Gasteiger partial charge in [-0.05, 0) is 19.4 Å². The van der Waals surface area contributed by atoms with E-state index in [9.17, 15) is 14.7 Å². The third kappa shape index (κ3) is 2.99. The number of nitrogens with zero attached hydrogens (tertiary/aromatic N) is 3. The number of carbonyl (C=O) groups excluding carboxylic acids is 2. The molecular formula is C21H17N3O3S. The van der Waals surface area contributed by atoms with Crippen LogP contribution >= 0.6 is 11.3 Å². The molecule has 2 heterocycles. The first-order valence-electron chi connectivity index (χ1n) is 8.68.